The highest BCUT2D eigenvalue weighted by molar-refractivity contribution is 6.35. The average molecular weight is 281 g/mol. The molecule has 1 aromatic carbocycles. The van der Waals surface area contributed by atoms with Gasteiger partial charge >= 0.3 is 0 Å². The first-order chi connectivity index (χ1) is 9.36. The molecule has 0 saturated carbocycles. The fourth-order valence-electron chi connectivity index (χ4n) is 1.99. The molecule has 4 heteroatoms. The van der Waals surface area contributed by atoms with Crippen molar-refractivity contribution in [1.29, 1.82) is 0 Å². The minimum Gasteiger partial charge on any atom is -0.385 e. The minimum absolute atomic E-state index is 0.0451. The zero-order valence-electron chi connectivity index (χ0n) is 12.2. The summed E-state index contributed by atoms with van der Waals surface area (Å²) in [5.41, 5.74) is 1.21. The predicted molar refractivity (Wildman–Crippen MR) is 84.7 cm³/mol. The maximum Gasteiger partial charge on any atom is 0.154 e. The molecule has 0 unspecified atom stereocenters. The van der Waals surface area contributed by atoms with Gasteiger partial charge in [0.25, 0.3) is 0 Å². The molecule has 0 aliphatic carbocycles. The molecule has 0 bridgehead atoms. The van der Waals surface area contributed by atoms with Crippen LogP contribution in [-0.4, -0.2) is 35.6 Å². The van der Waals surface area contributed by atoms with E-state index in [0.717, 1.165) is 25.8 Å². The Balaban J connectivity index is 2.01. The Bertz CT molecular complexity index is 302. The summed E-state index contributed by atoms with van der Waals surface area (Å²) < 4.78 is 11.1. The van der Waals surface area contributed by atoms with Crippen LogP contribution in [0.5, 0.6) is 0 Å². The lowest BCUT2D eigenvalue weighted by Gasteiger charge is -2.16. The predicted octanol–water partition coefficient (Wildman–Crippen LogP) is 2.89. The summed E-state index contributed by atoms with van der Waals surface area (Å²) in [4.78, 5) is 0. The van der Waals surface area contributed by atoms with Crippen molar-refractivity contribution in [3.63, 3.8) is 0 Å². The summed E-state index contributed by atoms with van der Waals surface area (Å²) >= 11 is 0. The number of rotatable bonds is 11. The lowest BCUT2D eigenvalue weighted by Crippen LogP contribution is -2.19. The van der Waals surface area contributed by atoms with Crippen LogP contribution in [0.2, 0.25) is 12.1 Å². The molecule has 0 fully saturated rings. The van der Waals surface area contributed by atoms with E-state index in [1.807, 2.05) is 19.9 Å². The number of para-hydroxylation sites is 1. The number of hydrogen-bond donors (Lipinski definition) is 1. The van der Waals surface area contributed by atoms with Gasteiger partial charge in [-0.05, 0) is 38.4 Å². The highest BCUT2D eigenvalue weighted by atomic mass is 28.2. The molecule has 1 rings (SSSR count). The fraction of sp³-hybridized carbons (Fsp3) is 0.600. The monoisotopic (exact) mass is 281 g/mol. The standard InChI is InChI=1S/C15H27NO2Si/c1-3-17-15(18-4-2)13-19-12-8-11-16-14-9-6-5-7-10-14/h5-7,9-10,15-16H,3-4,8,11-13,19H2,1-2H3. The Morgan fingerprint density at radius 2 is 1.79 bits per heavy atom. The summed E-state index contributed by atoms with van der Waals surface area (Å²) in [6.45, 7) is 6.60. The fourth-order valence-corrected chi connectivity index (χ4v) is 3.55. The molecule has 1 N–H and O–H groups in total. The van der Waals surface area contributed by atoms with Gasteiger partial charge in [0.1, 0.15) is 0 Å². The lowest BCUT2D eigenvalue weighted by molar-refractivity contribution is -0.123. The quantitative estimate of drug-likeness (QED) is 0.384. The highest BCUT2D eigenvalue weighted by Crippen LogP contribution is 2.07. The number of benzene rings is 1. The molecular formula is C15H27NO2Si. The summed E-state index contributed by atoms with van der Waals surface area (Å²) in [7, 11) is -0.0669. The van der Waals surface area contributed by atoms with E-state index in [1.165, 1.54) is 18.2 Å². The Morgan fingerprint density at radius 1 is 1.11 bits per heavy atom. The van der Waals surface area contributed by atoms with Gasteiger partial charge in [0.05, 0.1) is 0 Å². The van der Waals surface area contributed by atoms with Crippen molar-refractivity contribution in [2.75, 3.05) is 25.1 Å². The van der Waals surface area contributed by atoms with Crippen LogP contribution in [0.15, 0.2) is 30.3 Å². The van der Waals surface area contributed by atoms with Crippen LogP contribution in [0.3, 0.4) is 0 Å². The zero-order chi connectivity index (χ0) is 13.8. The number of anilines is 1. The van der Waals surface area contributed by atoms with Crippen molar-refractivity contribution in [2.45, 2.75) is 38.6 Å². The van der Waals surface area contributed by atoms with Crippen molar-refractivity contribution in [2.24, 2.45) is 0 Å². The van der Waals surface area contributed by atoms with Crippen molar-refractivity contribution in [3.05, 3.63) is 30.3 Å². The van der Waals surface area contributed by atoms with E-state index in [1.54, 1.807) is 0 Å². The van der Waals surface area contributed by atoms with E-state index >= 15 is 0 Å². The second-order valence-corrected chi connectivity index (χ2v) is 6.47. The van der Waals surface area contributed by atoms with Gasteiger partial charge < -0.3 is 14.8 Å². The van der Waals surface area contributed by atoms with Crippen LogP contribution in [0.1, 0.15) is 20.3 Å². The third-order valence-electron chi connectivity index (χ3n) is 2.92. The summed E-state index contributed by atoms with van der Waals surface area (Å²) in [5, 5.41) is 3.44. The van der Waals surface area contributed by atoms with E-state index in [4.69, 9.17) is 9.47 Å². The van der Waals surface area contributed by atoms with Crippen LogP contribution in [-0.2, 0) is 9.47 Å². The van der Waals surface area contributed by atoms with Gasteiger partial charge in [-0.15, -0.1) is 0 Å². The molecule has 108 valence electrons. The smallest absolute Gasteiger partial charge is 0.154 e. The van der Waals surface area contributed by atoms with Crippen molar-refractivity contribution >= 4 is 15.2 Å². The Hall–Kier alpha value is -0.843. The van der Waals surface area contributed by atoms with Crippen LogP contribution >= 0.6 is 0 Å². The Labute approximate surface area is 119 Å². The SMILES string of the molecule is CCOC(C[SiH2]CCCNc1ccccc1)OCC. The normalized spacial score (nSPS) is 11.5. The maximum atomic E-state index is 5.56. The highest BCUT2D eigenvalue weighted by Gasteiger charge is 2.06. The number of hydrogen-bond acceptors (Lipinski definition) is 3. The van der Waals surface area contributed by atoms with Crippen LogP contribution < -0.4 is 5.32 Å². The van der Waals surface area contributed by atoms with Crippen molar-refractivity contribution in [3.8, 4) is 0 Å². The number of nitrogens with one attached hydrogen (secondary N) is 1. The third kappa shape index (κ3) is 8.03. The number of ether oxygens (including phenoxy) is 2. The molecule has 0 amide bonds. The Kier molecular flexibility index (Phi) is 9.41. The second kappa shape index (κ2) is 11.0. The van der Waals surface area contributed by atoms with Gasteiger partial charge in [-0.3, -0.25) is 0 Å². The molecule has 0 aliphatic rings. The molecule has 0 heterocycles. The molecule has 0 aromatic heterocycles. The summed E-state index contributed by atoms with van der Waals surface area (Å²) in [6.07, 6.45) is 1.29. The van der Waals surface area contributed by atoms with Crippen LogP contribution in [0, 0.1) is 0 Å². The largest absolute Gasteiger partial charge is 0.385 e. The first kappa shape index (κ1) is 16.2. The topological polar surface area (TPSA) is 30.5 Å². The van der Waals surface area contributed by atoms with Gasteiger partial charge in [0.15, 0.2) is 6.29 Å². The van der Waals surface area contributed by atoms with E-state index in [-0.39, 0.29) is 15.8 Å². The molecule has 0 aliphatic heterocycles. The van der Waals surface area contributed by atoms with Gasteiger partial charge in [-0.1, -0.05) is 24.2 Å². The van der Waals surface area contributed by atoms with Gasteiger partial charge in [0, 0.05) is 35.0 Å². The van der Waals surface area contributed by atoms with E-state index in [9.17, 15) is 0 Å². The van der Waals surface area contributed by atoms with Crippen LogP contribution in [0.25, 0.3) is 0 Å². The van der Waals surface area contributed by atoms with E-state index in [2.05, 4.69) is 29.6 Å². The van der Waals surface area contributed by atoms with Crippen molar-refractivity contribution < 1.29 is 9.47 Å². The van der Waals surface area contributed by atoms with Crippen LogP contribution in [0.4, 0.5) is 5.69 Å². The molecule has 0 atom stereocenters. The molecular weight excluding hydrogens is 254 g/mol. The summed E-state index contributed by atoms with van der Waals surface area (Å²) in [6, 6.07) is 12.9. The molecule has 19 heavy (non-hydrogen) atoms. The molecule has 0 saturated heterocycles. The van der Waals surface area contributed by atoms with Gasteiger partial charge in [0.2, 0.25) is 0 Å². The summed E-state index contributed by atoms with van der Waals surface area (Å²) in [5.74, 6) is 0. The zero-order valence-corrected chi connectivity index (χ0v) is 13.6. The minimum atomic E-state index is -0.0669. The second-order valence-electron chi connectivity index (χ2n) is 4.48. The molecule has 3 nitrogen and oxygen atoms in total. The maximum absolute atomic E-state index is 5.56. The molecule has 0 spiro atoms. The van der Waals surface area contributed by atoms with E-state index in [0.29, 0.717) is 0 Å². The van der Waals surface area contributed by atoms with Gasteiger partial charge in [-0.25, -0.2) is 0 Å². The molecule has 0 radical (unpaired) electrons. The first-order valence-electron chi connectivity index (χ1n) is 7.39. The first-order valence-corrected chi connectivity index (χ1v) is 9.39. The van der Waals surface area contributed by atoms with E-state index < -0.39 is 0 Å². The Morgan fingerprint density at radius 3 is 2.42 bits per heavy atom. The average Bonchev–Trinajstić information content (AvgIpc) is 2.44. The molecule has 1 aromatic rings. The van der Waals surface area contributed by atoms with Crippen molar-refractivity contribution in [1.82, 2.24) is 0 Å². The lowest BCUT2D eigenvalue weighted by atomic mass is 10.3. The van der Waals surface area contributed by atoms with Gasteiger partial charge in [-0.2, -0.15) is 0 Å². The third-order valence-corrected chi connectivity index (χ3v) is 4.80.